The molecule has 1 aliphatic carbocycles. The highest BCUT2D eigenvalue weighted by Gasteiger charge is 2.49. The second kappa shape index (κ2) is 2.55. The van der Waals surface area contributed by atoms with Crippen LogP contribution in [-0.2, 0) is 4.79 Å². The van der Waals surface area contributed by atoms with Crippen molar-refractivity contribution in [3.05, 3.63) is 0 Å². The van der Waals surface area contributed by atoms with Crippen molar-refractivity contribution in [1.82, 2.24) is 0 Å². The van der Waals surface area contributed by atoms with Crippen LogP contribution < -0.4 is 0 Å². The first kappa shape index (κ1) is 8.64. The van der Waals surface area contributed by atoms with E-state index in [0.717, 1.165) is 0 Å². The summed E-state index contributed by atoms with van der Waals surface area (Å²) in [5.41, 5.74) is -1.66. The van der Waals surface area contributed by atoms with Gasteiger partial charge in [-0.05, 0) is 6.92 Å². The lowest BCUT2D eigenvalue weighted by Gasteiger charge is -2.21. The number of carbonyl (C=O) groups is 1. The van der Waals surface area contributed by atoms with Gasteiger partial charge in [0.2, 0.25) is 0 Å². The Morgan fingerprint density at radius 3 is 2.45 bits per heavy atom. The molecule has 0 saturated heterocycles. The fourth-order valence-corrected chi connectivity index (χ4v) is 1.34. The lowest BCUT2D eigenvalue weighted by molar-refractivity contribution is -0.139. The van der Waals surface area contributed by atoms with Gasteiger partial charge >= 0.3 is 0 Å². The van der Waals surface area contributed by atoms with E-state index >= 15 is 0 Å². The summed E-state index contributed by atoms with van der Waals surface area (Å²) in [5.74, 6) is -0.901. The van der Waals surface area contributed by atoms with Crippen molar-refractivity contribution < 1.29 is 20.1 Å². The van der Waals surface area contributed by atoms with E-state index in [2.05, 4.69) is 0 Å². The number of Topliss-reactive ketones (excluding diaryl/α,β-unsaturated/α-hetero) is 1. The molecule has 0 radical (unpaired) electrons. The molecule has 3 atom stereocenters. The lowest BCUT2D eigenvalue weighted by atomic mass is 9.99. The first-order valence-corrected chi connectivity index (χ1v) is 3.54. The largest absolute Gasteiger partial charge is 0.396 e. The molecule has 4 heteroatoms. The number of carbonyl (C=O) groups excluding carboxylic acids is 1. The Bertz CT molecular complexity index is 175. The van der Waals surface area contributed by atoms with E-state index in [9.17, 15) is 15.0 Å². The smallest absolute Gasteiger partial charge is 0.167 e. The molecule has 0 aromatic heterocycles. The molecule has 3 N–H and O–H groups in total. The molecule has 1 fully saturated rings. The third-order valence-corrected chi connectivity index (χ3v) is 2.27. The van der Waals surface area contributed by atoms with Crippen LogP contribution in [0.2, 0.25) is 0 Å². The summed E-state index contributed by atoms with van der Waals surface area (Å²) in [7, 11) is 0. The molecule has 0 aromatic rings. The molecule has 64 valence electrons. The van der Waals surface area contributed by atoms with Gasteiger partial charge in [-0.3, -0.25) is 4.79 Å². The average molecular weight is 160 g/mol. The first-order valence-electron chi connectivity index (χ1n) is 3.54. The minimum absolute atomic E-state index is 0.0602. The number of ketones is 1. The van der Waals surface area contributed by atoms with Gasteiger partial charge < -0.3 is 15.3 Å². The van der Waals surface area contributed by atoms with E-state index in [0.29, 0.717) is 0 Å². The fraction of sp³-hybridized carbons (Fsp3) is 0.857. The Labute approximate surface area is 64.5 Å². The Kier molecular flexibility index (Phi) is 2.00. The maximum Gasteiger partial charge on any atom is 0.167 e. The van der Waals surface area contributed by atoms with Gasteiger partial charge in [0.15, 0.2) is 5.78 Å². The molecule has 1 aliphatic rings. The van der Waals surface area contributed by atoms with Crippen molar-refractivity contribution in [2.24, 2.45) is 5.92 Å². The van der Waals surface area contributed by atoms with Gasteiger partial charge in [0.25, 0.3) is 0 Å². The molecule has 0 amide bonds. The fourth-order valence-electron chi connectivity index (χ4n) is 1.34. The zero-order valence-corrected chi connectivity index (χ0v) is 6.32. The van der Waals surface area contributed by atoms with Crippen molar-refractivity contribution in [1.29, 1.82) is 0 Å². The summed E-state index contributed by atoms with van der Waals surface area (Å²) in [4.78, 5) is 11.0. The molecule has 11 heavy (non-hydrogen) atoms. The van der Waals surface area contributed by atoms with Crippen molar-refractivity contribution in [2.45, 2.75) is 25.0 Å². The Hall–Kier alpha value is -0.450. The van der Waals surface area contributed by atoms with Gasteiger partial charge in [-0.25, -0.2) is 0 Å². The van der Waals surface area contributed by atoms with Gasteiger partial charge in [0.05, 0.1) is 6.10 Å². The van der Waals surface area contributed by atoms with Crippen molar-refractivity contribution in [2.75, 3.05) is 6.61 Å². The second-order valence-electron chi connectivity index (χ2n) is 3.16. The molecule has 0 bridgehead atoms. The first-order chi connectivity index (χ1) is 5.00. The predicted octanol–water partition coefficient (Wildman–Crippen LogP) is -1.32. The summed E-state index contributed by atoms with van der Waals surface area (Å²) >= 11 is 0. The number of hydrogen-bond acceptors (Lipinski definition) is 4. The van der Waals surface area contributed by atoms with Gasteiger partial charge in [-0.2, -0.15) is 0 Å². The summed E-state index contributed by atoms with van der Waals surface area (Å²) < 4.78 is 0. The maximum atomic E-state index is 11.0. The van der Waals surface area contributed by atoms with Crippen LogP contribution in [0.3, 0.4) is 0 Å². The minimum atomic E-state index is -1.66. The topological polar surface area (TPSA) is 77.8 Å². The standard InChI is InChI=1S/C7H12O4/c1-7(11)5(9)2-4(3-8)6(7)10/h4,6,8,10-11H,2-3H2,1H3/t4-,6-,7+/m1/s1. The van der Waals surface area contributed by atoms with Crippen LogP contribution in [0.4, 0.5) is 0 Å². The second-order valence-corrected chi connectivity index (χ2v) is 3.16. The van der Waals surface area contributed by atoms with Crippen LogP contribution in [0.15, 0.2) is 0 Å². The molecule has 0 aromatic carbocycles. The number of aliphatic hydroxyl groups is 3. The van der Waals surface area contributed by atoms with Gasteiger partial charge in [0.1, 0.15) is 5.60 Å². The zero-order chi connectivity index (χ0) is 8.65. The van der Waals surface area contributed by atoms with E-state index in [1.165, 1.54) is 6.92 Å². The molecule has 0 unspecified atom stereocenters. The van der Waals surface area contributed by atoms with E-state index in [-0.39, 0.29) is 13.0 Å². The normalized spacial score (nSPS) is 44.9. The minimum Gasteiger partial charge on any atom is -0.396 e. The molecule has 1 saturated carbocycles. The highest BCUT2D eigenvalue weighted by atomic mass is 16.4. The highest BCUT2D eigenvalue weighted by Crippen LogP contribution is 2.30. The molecule has 0 spiro atoms. The summed E-state index contributed by atoms with van der Waals surface area (Å²) in [6.45, 7) is 1.01. The van der Waals surface area contributed by atoms with E-state index in [4.69, 9.17) is 5.11 Å². The van der Waals surface area contributed by atoms with E-state index in [1.807, 2.05) is 0 Å². The average Bonchev–Trinajstić information content (AvgIpc) is 2.14. The van der Waals surface area contributed by atoms with Gasteiger partial charge in [-0.1, -0.05) is 0 Å². The monoisotopic (exact) mass is 160 g/mol. The third kappa shape index (κ3) is 1.17. The molecule has 0 aliphatic heterocycles. The Morgan fingerprint density at radius 1 is 1.73 bits per heavy atom. The maximum absolute atomic E-state index is 11.0. The van der Waals surface area contributed by atoms with Crippen molar-refractivity contribution in [3.63, 3.8) is 0 Å². The third-order valence-electron chi connectivity index (χ3n) is 2.27. The van der Waals surface area contributed by atoms with Gasteiger partial charge in [0, 0.05) is 18.9 Å². The Balaban J connectivity index is 2.80. The molecule has 1 rings (SSSR count). The zero-order valence-electron chi connectivity index (χ0n) is 6.32. The highest BCUT2D eigenvalue weighted by molar-refractivity contribution is 5.90. The van der Waals surface area contributed by atoms with Crippen molar-refractivity contribution in [3.8, 4) is 0 Å². The van der Waals surface area contributed by atoms with Crippen LogP contribution in [0.5, 0.6) is 0 Å². The SMILES string of the molecule is C[C@]1(O)C(=O)C[C@H](CO)[C@H]1O. The summed E-state index contributed by atoms with van der Waals surface area (Å²) in [6.07, 6.45) is -1.06. The molecule has 4 nitrogen and oxygen atoms in total. The predicted molar refractivity (Wildman–Crippen MR) is 36.8 cm³/mol. The summed E-state index contributed by atoms with van der Waals surface area (Å²) in [6, 6.07) is 0. The number of aliphatic hydroxyl groups excluding tert-OH is 2. The molecule has 0 heterocycles. The lowest BCUT2D eigenvalue weighted by Crippen LogP contribution is -2.42. The summed E-state index contributed by atoms with van der Waals surface area (Å²) in [5, 5.41) is 27.2. The molecular weight excluding hydrogens is 148 g/mol. The van der Waals surface area contributed by atoms with E-state index in [1.54, 1.807) is 0 Å². The van der Waals surface area contributed by atoms with Crippen LogP contribution in [-0.4, -0.2) is 39.4 Å². The van der Waals surface area contributed by atoms with Crippen LogP contribution in [0, 0.1) is 5.92 Å². The van der Waals surface area contributed by atoms with E-state index < -0.39 is 23.4 Å². The van der Waals surface area contributed by atoms with Crippen LogP contribution in [0.1, 0.15) is 13.3 Å². The number of rotatable bonds is 1. The molecular formula is C7H12O4. The van der Waals surface area contributed by atoms with Crippen LogP contribution >= 0.6 is 0 Å². The van der Waals surface area contributed by atoms with Crippen molar-refractivity contribution >= 4 is 5.78 Å². The Morgan fingerprint density at radius 2 is 2.27 bits per heavy atom. The van der Waals surface area contributed by atoms with Crippen LogP contribution in [0.25, 0.3) is 0 Å². The number of hydrogen-bond donors (Lipinski definition) is 3. The quantitative estimate of drug-likeness (QED) is 0.444. The van der Waals surface area contributed by atoms with Gasteiger partial charge in [-0.15, -0.1) is 0 Å².